The SMILES string of the molecule is CCCCc1cccc(S(=O)(=O)[O-])c1CCCC.[K+]. The van der Waals surface area contributed by atoms with E-state index >= 15 is 0 Å². The van der Waals surface area contributed by atoms with Crippen LogP contribution >= 0.6 is 0 Å². The van der Waals surface area contributed by atoms with E-state index in [1.165, 1.54) is 6.07 Å². The summed E-state index contributed by atoms with van der Waals surface area (Å²) >= 11 is 0. The molecule has 0 atom stereocenters. The van der Waals surface area contributed by atoms with Gasteiger partial charge in [-0.3, -0.25) is 0 Å². The second-order valence-corrected chi connectivity index (χ2v) is 5.90. The zero-order valence-electron chi connectivity index (χ0n) is 12.1. The van der Waals surface area contributed by atoms with Gasteiger partial charge in [0.05, 0.1) is 4.90 Å². The Kier molecular flexibility index (Phi) is 10.0. The van der Waals surface area contributed by atoms with Crippen molar-refractivity contribution in [3.63, 3.8) is 0 Å². The van der Waals surface area contributed by atoms with Crippen molar-refractivity contribution < 1.29 is 64.4 Å². The van der Waals surface area contributed by atoms with Gasteiger partial charge < -0.3 is 4.55 Å². The van der Waals surface area contributed by atoms with Crippen molar-refractivity contribution in [3.05, 3.63) is 29.3 Å². The summed E-state index contributed by atoms with van der Waals surface area (Å²) in [6, 6.07) is 5.04. The van der Waals surface area contributed by atoms with Gasteiger partial charge in [0.1, 0.15) is 10.1 Å². The summed E-state index contributed by atoms with van der Waals surface area (Å²) in [7, 11) is -4.36. The normalized spacial score (nSPS) is 11.1. The van der Waals surface area contributed by atoms with Crippen LogP contribution in [0.4, 0.5) is 0 Å². The number of aryl methyl sites for hydroxylation is 1. The van der Waals surface area contributed by atoms with Gasteiger partial charge in [-0.15, -0.1) is 0 Å². The molecule has 0 heterocycles. The summed E-state index contributed by atoms with van der Waals surface area (Å²) in [5.41, 5.74) is 1.75. The van der Waals surface area contributed by atoms with Crippen LogP contribution in [0.2, 0.25) is 0 Å². The third kappa shape index (κ3) is 6.38. The zero-order chi connectivity index (χ0) is 13.6. The second kappa shape index (κ2) is 9.66. The molecule has 0 saturated carbocycles. The average molecular weight is 308 g/mol. The number of rotatable bonds is 7. The molecule has 0 N–H and O–H groups in total. The Morgan fingerprint density at radius 1 is 1.05 bits per heavy atom. The Labute approximate surface area is 159 Å². The van der Waals surface area contributed by atoms with Crippen molar-refractivity contribution in [1.82, 2.24) is 0 Å². The topological polar surface area (TPSA) is 57.2 Å². The number of unbranched alkanes of at least 4 members (excludes halogenated alkanes) is 2. The minimum Gasteiger partial charge on any atom is -0.744 e. The Balaban J connectivity index is 0.00000324. The average Bonchev–Trinajstić information content (AvgIpc) is 2.32. The second-order valence-electron chi connectivity index (χ2n) is 4.56. The van der Waals surface area contributed by atoms with Crippen LogP contribution in [-0.4, -0.2) is 13.0 Å². The Hall–Kier alpha value is 0.766. The Morgan fingerprint density at radius 3 is 2.16 bits per heavy atom. The molecule has 0 fully saturated rings. The summed E-state index contributed by atoms with van der Waals surface area (Å²) in [4.78, 5) is -0.0236. The van der Waals surface area contributed by atoms with Crippen molar-refractivity contribution in [2.24, 2.45) is 0 Å². The van der Waals surface area contributed by atoms with E-state index in [9.17, 15) is 13.0 Å². The predicted octanol–water partition coefficient (Wildman–Crippen LogP) is 0.280. The van der Waals surface area contributed by atoms with Gasteiger partial charge in [0.25, 0.3) is 0 Å². The van der Waals surface area contributed by atoms with Crippen LogP contribution in [0.3, 0.4) is 0 Å². The molecule has 19 heavy (non-hydrogen) atoms. The fraction of sp³-hybridized carbons (Fsp3) is 0.571. The Morgan fingerprint density at radius 2 is 1.63 bits per heavy atom. The molecule has 0 aliphatic carbocycles. The maximum Gasteiger partial charge on any atom is 1.00 e. The van der Waals surface area contributed by atoms with E-state index in [1.807, 2.05) is 6.07 Å². The molecule has 3 nitrogen and oxygen atoms in total. The van der Waals surface area contributed by atoms with Crippen LogP contribution in [-0.2, 0) is 23.0 Å². The van der Waals surface area contributed by atoms with Gasteiger partial charge in [-0.1, -0.05) is 38.8 Å². The van der Waals surface area contributed by atoms with Gasteiger partial charge >= 0.3 is 51.4 Å². The first-order valence-electron chi connectivity index (χ1n) is 6.57. The van der Waals surface area contributed by atoms with Crippen LogP contribution in [0.1, 0.15) is 50.7 Å². The van der Waals surface area contributed by atoms with Crippen molar-refractivity contribution in [2.45, 2.75) is 57.3 Å². The molecule has 1 aromatic rings. The van der Waals surface area contributed by atoms with Crippen LogP contribution < -0.4 is 51.4 Å². The van der Waals surface area contributed by atoms with E-state index in [0.717, 1.165) is 43.2 Å². The molecule has 102 valence electrons. The zero-order valence-corrected chi connectivity index (χ0v) is 16.0. The summed E-state index contributed by atoms with van der Waals surface area (Å²) < 4.78 is 33.9. The van der Waals surface area contributed by atoms with Crippen LogP contribution in [0.25, 0.3) is 0 Å². The van der Waals surface area contributed by atoms with Crippen molar-refractivity contribution in [1.29, 1.82) is 0 Å². The molecule has 0 bridgehead atoms. The molecule has 0 spiro atoms. The van der Waals surface area contributed by atoms with Crippen molar-refractivity contribution in [3.8, 4) is 0 Å². The van der Waals surface area contributed by atoms with E-state index in [2.05, 4.69) is 13.8 Å². The molecule has 0 amide bonds. The fourth-order valence-corrected chi connectivity index (χ4v) is 2.86. The molecule has 0 aromatic heterocycles. The molecule has 0 aliphatic heterocycles. The molecule has 0 unspecified atom stereocenters. The minimum atomic E-state index is -4.36. The summed E-state index contributed by atoms with van der Waals surface area (Å²) in [6.07, 6.45) is 5.49. The number of hydrogen-bond acceptors (Lipinski definition) is 3. The maximum absolute atomic E-state index is 11.3. The summed E-state index contributed by atoms with van der Waals surface area (Å²) in [5, 5.41) is 0. The molecule has 0 radical (unpaired) electrons. The molecular weight excluding hydrogens is 287 g/mol. The first kappa shape index (κ1) is 19.8. The molecule has 0 aliphatic rings. The fourth-order valence-electron chi connectivity index (χ4n) is 2.08. The standard InChI is InChI=1S/C14H22O3S.K/c1-3-5-8-12-9-7-11-14(18(15,16)17)13(12)10-6-4-2;/h7,9,11H,3-6,8,10H2,1-2H3,(H,15,16,17);/q;+1/p-1. The van der Waals surface area contributed by atoms with Gasteiger partial charge in [-0.05, 0) is 42.9 Å². The number of hydrogen-bond donors (Lipinski definition) is 0. The van der Waals surface area contributed by atoms with Gasteiger partial charge in [0.2, 0.25) is 0 Å². The summed E-state index contributed by atoms with van der Waals surface area (Å²) in [5.74, 6) is 0. The van der Waals surface area contributed by atoms with Gasteiger partial charge in [0.15, 0.2) is 0 Å². The summed E-state index contributed by atoms with van der Waals surface area (Å²) in [6.45, 7) is 4.15. The van der Waals surface area contributed by atoms with Crippen molar-refractivity contribution >= 4 is 10.1 Å². The van der Waals surface area contributed by atoms with Crippen LogP contribution in [0, 0.1) is 0 Å². The first-order chi connectivity index (χ1) is 8.50. The van der Waals surface area contributed by atoms with Crippen LogP contribution in [0.5, 0.6) is 0 Å². The predicted molar refractivity (Wildman–Crippen MR) is 71.6 cm³/mol. The molecule has 1 rings (SSSR count). The first-order valence-corrected chi connectivity index (χ1v) is 7.98. The smallest absolute Gasteiger partial charge is 0.744 e. The molecule has 1 aromatic carbocycles. The van der Waals surface area contributed by atoms with E-state index in [1.54, 1.807) is 6.07 Å². The van der Waals surface area contributed by atoms with E-state index < -0.39 is 10.1 Å². The van der Waals surface area contributed by atoms with Crippen molar-refractivity contribution in [2.75, 3.05) is 0 Å². The van der Waals surface area contributed by atoms with Gasteiger partial charge in [-0.2, -0.15) is 0 Å². The largest absolute Gasteiger partial charge is 1.00 e. The van der Waals surface area contributed by atoms with E-state index in [0.29, 0.717) is 6.42 Å². The van der Waals surface area contributed by atoms with E-state index in [4.69, 9.17) is 0 Å². The minimum absolute atomic E-state index is 0. The third-order valence-electron chi connectivity index (χ3n) is 3.08. The van der Waals surface area contributed by atoms with E-state index in [-0.39, 0.29) is 56.3 Å². The number of benzene rings is 1. The molecule has 5 heteroatoms. The third-order valence-corrected chi connectivity index (χ3v) is 4.00. The monoisotopic (exact) mass is 308 g/mol. The Bertz CT molecular complexity index is 483. The van der Waals surface area contributed by atoms with Crippen LogP contribution in [0.15, 0.2) is 23.1 Å². The molecular formula is C14H21KO3S. The molecule has 0 saturated heterocycles. The quantitative estimate of drug-likeness (QED) is 0.537. The van der Waals surface area contributed by atoms with Gasteiger partial charge in [0, 0.05) is 0 Å². The van der Waals surface area contributed by atoms with Gasteiger partial charge in [-0.25, -0.2) is 8.42 Å². The maximum atomic E-state index is 11.3.